The molecule has 3 rings (SSSR count). The Kier molecular flexibility index (Phi) is 5.87. The quantitative estimate of drug-likeness (QED) is 0.406. The van der Waals surface area contributed by atoms with Gasteiger partial charge in [0.1, 0.15) is 23.4 Å². The Morgan fingerprint density at radius 1 is 1.43 bits per heavy atom. The van der Waals surface area contributed by atoms with Crippen LogP contribution in [0.25, 0.3) is 0 Å². The molecule has 1 aromatic carbocycles. The lowest BCUT2D eigenvalue weighted by atomic mass is 10.0. The van der Waals surface area contributed by atoms with Crippen molar-refractivity contribution in [3.05, 3.63) is 39.0 Å². The van der Waals surface area contributed by atoms with Crippen molar-refractivity contribution in [2.45, 2.75) is 18.3 Å². The predicted molar refractivity (Wildman–Crippen MR) is 104 cm³/mol. The van der Waals surface area contributed by atoms with Crippen LogP contribution in [0.15, 0.2) is 28.4 Å². The van der Waals surface area contributed by atoms with Gasteiger partial charge in [-0.15, -0.1) is 11.8 Å². The van der Waals surface area contributed by atoms with E-state index in [1.54, 1.807) is 0 Å². The number of esters is 1. The molecule has 0 radical (unpaired) electrons. The number of rotatable bonds is 5. The summed E-state index contributed by atoms with van der Waals surface area (Å²) in [6.07, 6.45) is 1.28. The number of benzene rings is 1. The minimum atomic E-state index is -1.28. The molecular formula is C17H14Cl2N2O6S. The van der Waals surface area contributed by atoms with Crippen LogP contribution in [-0.4, -0.2) is 62.9 Å². The van der Waals surface area contributed by atoms with E-state index in [-0.39, 0.29) is 34.4 Å². The van der Waals surface area contributed by atoms with Crippen LogP contribution in [0.1, 0.15) is 12.5 Å². The Balaban J connectivity index is 1.82. The van der Waals surface area contributed by atoms with Gasteiger partial charge in [0.2, 0.25) is 0 Å². The average Bonchev–Trinajstić information content (AvgIpc) is 2.62. The Morgan fingerprint density at radius 2 is 2.14 bits per heavy atom. The molecule has 2 N–H and O–H groups in total. The second-order valence-electron chi connectivity index (χ2n) is 6.00. The smallest absolute Gasteiger partial charge is 0.352 e. The number of carbonyl (C=O) groups excluding carboxylic acids is 2. The lowest BCUT2D eigenvalue weighted by Gasteiger charge is -2.47. The molecule has 2 heterocycles. The summed E-state index contributed by atoms with van der Waals surface area (Å²) >= 11 is 13.1. The number of carbonyl (C=O) groups is 3. The van der Waals surface area contributed by atoms with E-state index in [2.05, 4.69) is 4.99 Å². The maximum Gasteiger partial charge on any atom is 0.352 e. The van der Waals surface area contributed by atoms with E-state index in [1.165, 1.54) is 37.0 Å². The fourth-order valence-corrected chi connectivity index (χ4v) is 4.64. The number of hydrogen-bond acceptors (Lipinski definition) is 7. The van der Waals surface area contributed by atoms with Gasteiger partial charge < -0.3 is 14.9 Å². The summed E-state index contributed by atoms with van der Waals surface area (Å²) in [5.74, 6) is -2.25. The molecule has 2 aliphatic heterocycles. The number of carboxylic acids is 1. The van der Waals surface area contributed by atoms with Gasteiger partial charge in [-0.05, 0) is 12.1 Å². The number of nitrogens with zero attached hydrogens (tertiary/aromatic N) is 2. The highest BCUT2D eigenvalue weighted by Gasteiger charge is 2.53. The minimum absolute atomic E-state index is 0.0498. The first-order valence-corrected chi connectivity index (χ1v) is 9.75. The van der Waals surface area contributed by atoms with E-state index in [1.807, 2.05) is 0 Å². The van der Waals surface area contributed by atoms with Crippen molar-refractivity contribution in [1.82, 2.24) is 4.90 Å². The van der Waals surface area contributed by atoms with Gasteiger partial charge >= 0.3 is 11.9 Å². The van der Waals surface area contributed by atoms with Crippen LogP contribution in [0.5, 0.6) is 5.75 Å². The molecule has 0 spiro atoms. The molecule has 0 saturated carbocycles. The van der Waals surface area contributed by atoms with Gasteiger partial charge in [0.05, 0.1) is 5.02 Å². The maximum atomic E-state index is 12.5. The van der Waals surface area contributed by atoms with E-state index >= 15 is 0 Å². The Morgan fingerprint density at radius 3 is 2.79 bits per heavy atom. The number of hydrogen-bond donors (Lipinski definition) is 2. The summed E-state index contributed by atoms with van der Waals surface area (Å²) in [6.45, 7) is 1.03. The van der Waals surface area contributed by atoms with Gasteiger partial charge in [0, 0.05) is 35.1 Å². The van der Waals surface area contributed by atoms with Crippen molar-refractivity contribution in [1.29, 1.82) is 0 Å². The summed E-state index contributed by atoms with van der Waals surface area (Å²) < 4.78 is 4.88. The number of β-lactam (4-membered cyclic amide) rings is 1. The van der Waals surface area contributed by atoms with Crippen LogP contribution in [0.2, 0.25) is 10.0 Å². The molecule has 148 valence electrons. The van der Waals surface area contributed by atoms with Gasteiger partial charge in [0.15, 0.2) is 6.04 Å². The molecule has 1 amide bonds. The van der Waals surface area contributed by atoms with Crippen molar-refractivity contribution in [2.24, 2.45) is 4.99 Å². The molecule has 1 saturated heterocycles. The summed E-state index contributed by atoms with van der Waals surface area (Å²) in [7, 11) is 0. The number of aromatic hydroxyl groups is 1. The molecule has 0 unspecified atom stereocenters. The summed E-state index contributed by atoms with van der Waals surface area (Å²) in [6, 6.07) is 2.00. The fourth-order valence-electron chi connectivity index (χ4n) is 2.81. The summed E-state index contributed by atoms with van der Waals surface area (Å²) in [5.41, 5.74) is 0.406. The second-order valence-corrected chi connectivity index (χ2v) is 7.94. The van der Waals surface area contributed by atoms with Crippen LogP contribution in [0.4, 0.5) is 0 Å². The standard InChI is InChI=1S/C17H14Cl2N2O6S/c1-7(22)27-5-9-6-28-16-12(15(24)21(16)13(9)17(25)26)20-4-8-2-10(18)3-11(19)14(8)23/h2-4,12,16,23H,5-6H2,1H3,(H,25,26)/t12-,16-/m1/s1. The first kappa shape index (κ1) is 20.5. The van der Waals surface area contributed by atoms with E-state index in [0.29, 0.717) is 10.6 Å². The minimum Gasteiger partial charge on any atom is -0.506 e. The number of halogens is 2. The fraction of sp³-hybridized carbons (Fsp3) is 0.294. The summed E-state index contributed by atoms with van der Waals surface area (Å²) in [5, 5.41) is 19.3. The van der Waals surface area contributed by atoms with E-state index in [4.69, 9.17) is 27.9 Å². The normalized spacial score (nSPS) is 21.5. The zero-order valence-electron chi connectivity index (χ0n) is 14.4. The number of phenols is 1. The van der Waals surface area contributed by atoms with Crippen molar-refractivity contribution in [3.63, 3.8) is 0 Å². The number of fused-ring (bicyclic) bond motifs is 1. The Labute approximate surface area is 173 Å². The number of amides is 1. The molecule has 28 heavy (non-hydrogen) atoms. The maximum absolute atomic E-state index is 12.5. The van der Waals surface area contributed by atoms with Crippen molar-refractivity contribution in [3.8, 4) is 5.75 Å². The SMILES string of the molecule is CC(=O)OCC1=C(C(=O)O)N2C(=O)[C@@H](N=Cc3cc(Cl)cc(Cl)c3O)[C@H]2SC1. The zero-order chi connectivity index (χ0) is 20.6. The van der Waals surface area contributed by atoms with Crippen LogP contribution in [0, 0.1) is 0 Å². The van der Waals surface area contributed by atoms with Crippen molar-refractivity contribution >= 4 is 59.0 Å². The molecule has 0 aromatic heterocycles. The van der Waals surface area contributed by atoms with Crippen LogP contribution in [0.3, 0.4) is 0 Å². The molecule has 0 aliphatic carbocycles. The molecular weight excluding hydrogens is 431 g/mol. The lowest BCUT2D eigenvalue weighted by molar-refractivity contribution is -0.148. The monoisotopic (exact) mass is 444 g/mol. The van der Waals surface area contributed by atoms with Gasteiger partial charge in [-0.25, -0.2) is 4.79 Å². The third-order valence-electron chi connectivity index (χ3n) is 4.10. The lowest BCUT2D eigenvalue weighted by Crippen LogP contribution is -2.64. The number of aliphatic carboxylic acids is 1. The molecule has 11 heteroatoms. The van der Waals surface area contributed by atoms with E-state index in [9.17, 15) is 24.6 Å². The molecule has 2 aliphatic rings. The number of phenolic OH excluding ortho intramolecular Hbond substituents is 1. The zero-order valence-corrected chi connectivity index (χ0v) is 16.7. The van der Waals surface area contributed by atoms with Gasteiger partial charge in [0.25, 0.3) is 5.91 Å². The summed E-state index contributed by atoms with van der Waals surface area (Å²) in [4.78, 5) is 40.5. The Hall–Kier alpha value is -2.23. The van der Waals surface area contributed by atoms with E-state index < -0.39 is 29.3 Å². The van der Waals surface area contributed by atoms with E-state index in [0.717, 1.165) is 4.90 Å². The topological polar surface area (TPSA) is 116 Å². The predicted octanol–water partition coefficient (Wildman–Crippen LogP) is 2.30. The Bertz CT molecular complexity index is 932. The first-order chi connectivity index (χ1) is 13.2. The first-order valence-electron chi connectivity index (χ1n) is 7.95. The van der Waals surface area contributed by atoms with Crippen LogP contribution in [-0.2, 0) is 19.1 Å². The second kappa shape index (κ2) is 8.02. The molecule has 8 nitrogen and oxygen atoms in total. The van der Waals surface area contributed by atoms with Crippen molar-refractivity contribution < 1.29 is 29.3 Å². The van der Waals surface area contributed by atoms with Gasteiger partial charge in [-0.3, -0.25) is 19.5 Å². The highest BCUT2D eigenvalue weighted by atomic mass is 35.5. The number of carboxylic acid groups (broad SMARTS) is 1. The van der Waals surface area contributed by atoms with Gasteiger partial charge in [-0.2, -0.15) is 0 Å². The van der Waals surface area contributed by atoms with Crippen LogP contribution < -0.4 is 0 Å². The molecule has 1 aromatic rings. The number of ether oxygens (including phenoxy) is 1. The number of aliphatic imine (C=N–C) groups is 1. The third-order valence-corrected chi connectivity index (χ3v) is 5.93. The van der Waals surface area contributed by atoms with Crippen molar-refractivity contribution in [2.75, 3.05) is 12.4 Å². The average molecular weight is 445 g/mol. The third kappa shape index (κ3) is 3.82. The highest BCUT2D eigenvalue weighted by molar-refractivity contribution is 8.00. The molecule has 0 bridgehead atoms. The molecule has 2 atom stereocenters. The van der Waals surface area contributed by atoms with Crippen LogP contribution >= 0.6 is 35.0 Å². The largest absolute Gasteiger partial charge is 0.506 e. The number of thioether (sulfide) groups is 1. The van der Waals surface area contributed by atoms with Gasteiger partial charge in [-0.1, -0.05) is 23.2 Å². The highest BCUT2D eigenvalue weighted by Crippen LogP contribution is 2.42. The molecule has 1 fully saturated rings.